The van der Waals surface area contributed by atoms with Crippen LogP contribution < -0.4 is 5.73 Å². The second-order valence-electron chi connectivity index (χ2n) is 4.56. The Morgan fingerprint density at radius 1 is 1.10 bits per heavy atom. The zero-order valence-electron chi connectivity index (χ0n) is 10.9. The maximum Gasteiger partial charge on any atom is 0.253 e. The Bertz CT molecular complexity index is 606. The number of halogens is 2. The molecule has 5 heteroatoms. The van der Waals surface area contributed by atoms with Crippen LogP contribution in [0.4, 0.5) is 5.69 Å². The Morgan fingerprint density at radius 3 is 2.20 bits per heavy atom. The van der Waals surface area contributed by atoms with Crippen LogP contribution in [0.25, 0.3) is 0 Å². The highest BCUT2D eigenvalue weighted by atomic mass is 35.5. The quantitative estimate of drug-likeness (QED) is 0.875. The van der Waals surface area contributed by atoms with Gasteiger partial charge in [-0.15, -0.1) is 0 Å². The molecule has 0 unspecified atom stereocenters. The third kappa shape index (κ3) is 3.65. The third-order valence-corrected chi connectivity index (χ3v) is 3.29. The molecule has 0 heterocycles. The van der Waals surface area contributed by atoms with Gasteiger partial charge >= 0.3 is 0 Å². The van der Waals surface area contributed by atoms with E-state index < -0.39 is 0 Å². The Morgan fingerprint density at radius 2 is 1.65 bits per heavy atom. The normalized spacial score (nSPS) is 10.3. The van der Waals surface area contributed by atoms with Gasteiger partial charge in [0.25, 0.3) is 5.91 Å². The van der Waals surface area contributed by atoms with Gasteiger partial charge in [0.15, 0.2) is 0 Å². The zero-order chi connectivity index (χ0) is 14.7. The fraction of sp³-hybridized carbons (Fsp3) is 0.133. The van der Waals surface area contributed by atoms with E-state index in [1.54, 1.807) is 30.1 Å². The second kappa shape index (κ2) is 6.16. The molecule has 0 aliphatic rings. The summed E-state index contributed by atoms with van der Waals surface area (Å²) in [6.07, 6.45) is 0. The topological polar surface area (TPSA) is 46.3 Å². The Kier molecular flexibility index (Phi) is 4.53. The van der Waals surface area contributed by atoms with Gasteiger partial charge < -0.3 is 10.6 Å². The molecule has 2 rings (SSSR count). The maximum atomic E-state index is 12.3. The molecule has 2 aromatic rings. The van der Waals surface area contributed by atoms with E-state index in [-0.39, 0.29) is 5.91 Å². The summed E-state index contributed by atoms with van der Waals surface area (Å²) in [7, 11) is 1.73. The Hall–Kier alpha value is -1.71. The highest BCUT2D eigenvalue weighted by molar-refractivity contribution is 6.35. The van der Waals surface area contributed by atoms with Crippen LogP contribution in [-0.2, 0) is 6.54 Å². The number of hydrogen-bond acceptors (Lipinski definition) is 2. The summed E-state index contributed by atoms with van der Waals surface area (Å²) in [5, 5.41) is 0.892. The number of carbonyl (C=O) groups is 1. The van der Waals surface area contributed by atoms with E-state index in [0.29, 0.717) is 27.8 Å². The van der Waals surface area contributed by atoms with Crippen LogP contribution >= 0.6 is 23.2 Å². The maximum absolute atomic E-state index is 12.3. The minimum Gasteiger partial charge on any atom is -0.399 e. The smallest absolute Gasteiger partial charge is 0.253 e. The lowest BCUT2D eigenvalue weighted by molar-refractivity contribution is 0.0785. The van der Waals surface area contributed by atoms with Crippen LogP contribution in [0.5, 0.6) is 0 Å². The van der Waals surface area contributed by atoms with E-state index in [1.165, 1.54) is 0 Å². The van der Waals surface area contributed by atoms with Crippen molar-refractivity contribution in [2.45, 2.75) is 6.54 Å². The number of rotatable bonds is 3. The van der Waals surface area contributed by atoms with E-state index in [2.05, 4.69) is 0 Å². The summed E-state index contributed by atoms with van der Waals surface area (Å²) in [5.41, 5.74) is 7.81. The van der Waals surface area contributed by atoms with Crippen molar-refractivity contribution < 1.29 is 4.79 Å². The lowest BCUT2D eigenvalue weighted by Crippen LogP contribution is -2.26. The molecule has 0 fully saturated rings. The van der Waals surface area contributed by atoms with Gasteiger partial charge in [0, 0.05) is 34.9 Å². The molecule has 0 spiro atoms. The predicted octanol–water partition coefficient (Wildman–Crippen LogP) is 3.85. The van der Waals surface area contributed by atoms with Crippen molar-refractivity contribution >= 4 is 34.8 Å². The van der Waals surface area contributed by atoms with Crippen LogP contribution in [0.2, 0.25) is 10.0 Å². The minimum atomic E-state index is -0.133. The van der Waals surface area contributed by atoms with E-state index >= 15 is 0 Å². The van der Waals surface area contributed by atoms with Crippen molar-refractivity contribution in [1.82, 2.24) is 4.90 Å². The first kappa shape index (κ1) is 14.7. The van der Waals surface area contributed by atoms with Crippen LogP contribution in [-0.4, -0.2) is 17.9 Å². The fourth-order valence-corrected chi connectivity index (χ4v) is 2.39. The van der Waals surface area contributed by atoms with Gasteiger partial charge in [0.2, 0.25) is 0 Å². The number of amides is 1. The van der Waals surface area contributed by atoms with Crippen molar-refractivity contribution in [2.24, 2.45) is 0 Å². The highest BCUT2D eigenvalue weighted by Crippen LogP contribution is 2.20. The van der Waals surface area contributed by atoms with E-state index in [0.717, 1.165) is 5.56 Å². The summed E-state index contributed by atoms with van der Waals surface area (Å²) in [6.45, 7) is 0.489. The first-order valence-corrected chi connectivity index (χ1v) is 6.77. The SMILES string of the molecule is CN(Cc1ccc(N)cc1)C(=O)c1cc(Cl)cc(Cl)c1. The van der Waals surface area contributed by atoms with Gasteiger partial charge in [-0.2, -0.15) is 0 Å². The molecule has 2 N–H and O–H groups in total. The lowest BCUT2D eigenvalue weighted by atomic mass is 10.1. The number of hydrogen-bond donors (Lipinski definition) is 1. The van der Waals surface area contributed by atoms with Gasteiger partial charge in [0.1, 0.15) is 0 Å². The van der Waals surface area contributed by atoms with Gasteiger partial charge in [-0.25, -0.2) is 0 Å². The molecular formula is C15H14Cl2N2O. The van der Waals surface area contributed by atoms with Crippen molar-refractivity contribution in [3.05, 3.63) is 63.6 Å². The molecule has 0 saturated heterocycles. The summed E-state index contributed by atoms with van der Waals surface area (Å²) < 4.78 is 0. The van der Waals surface area contributed by atoms with Crippen molar-refractivity contribution in [3.63, 3.8) is 0 Å². The van der Waals surface area contributed by atoms with E-state index in [1.807, 2.05) is 24.3 Å². The molecule has 104 valence electrons. The molecule has 0 aromatic heterocycles. The number of benzene rings is 2. The summed E-state index contributed by atoms with van der Waals surface area (Å²) in [6, 6.07) is 12.2. The van der Waals surface area contributed by atoms with Crippen LogP contribution in [0.1, 0.15) is 15.9 Å². The largest absolute Gasteiger partial charge is 0.399 e. The average Bonchev–Trinajstić information content (AvgIpc) is 2.39. The van der Waals surface area contributed by atoms with Crippen molar-refractivity contribution in [2.75, 3.05) is 12.8 Å². The molecule has 2 aromatic carbocycles. The van der Waals surface area contributed by atoms with E-state index in [9.17, 15) is 4.79 Å². The zero-order valence-corrected chi connectivity index (χ0v) is 12.4. The second-order valence-corrected chi connectivity index (χ2v) is 5.43. The predicted molar refractivity (Wildman–Crippen MR) is 83.1 cm³/mol. The fourth-order valence-electron chi connectivity index (χ4n) is 1.87. The van der Waals surface area contributed by atoms with Crippen molar-refractivity contribution in [1.29, 1.82) is 0 Å². The third-order valence-electron chi connectivity index (χ3n) is 2.86. The molecule has 20 heavy (non-hydrogen) atoms. The summed E-state index contributed by atoms with van der Waals surface area (Å²) in [5.74, 6) is -0.133. The number of nitrogens with zero attached hydrogens (tertiary/aromatic N) is 1. The van der Waals surface area contributed by atoms with Gasteiger partial charge in [-0.05, 0) is 35.9 Å². The molecule has 0 bridgehead atoms. The van der Waals surface area contributed by atoms with E-state index in [4.69, 9.17) is 28.9 Å². The molecule has 3 nitrogen and oxygen atoms in total. The molecular weight excluding hydrogens is 295 g/mol. The molecule has 0 saturated carbocycles. The molecule has 0 aliphatic carbocycles. The molecule has 0 radical (unpaired) electrons. The first-order chi connectivity index (χ1) is 9.45. The average molecular weight is 309 g/mol. The molecule has 0 atom stereocenters. The Labute approximate surface area is 127 Å². The Balaban J connectivity index is 2.14. The number of carbonyl (C=O) groups excluding carboxylic acids is 1. The van der Waals surface area contributed by atoms with Crippen LogP contribution in [0.15, 0.2) is 42.5 Å². The highest BCUT2D eigenvalue weighted by Gasteiger charge is 2.13. The minimum absolute atomic E-state index is 0.133. The lowest BCUT2D eigenvalue weighted by Gasteiger charge is -2.17. The van der Waals surface area contributed by atoms with Crippen molar-refractivity contribution in [3.8, 4) is 0 Å². The number of nitrogen functional groups attached to an aromatic ring is 1. The first-order valence-electron chi connectivity index (χ1n) is 6.01. The van der Waals surface area contributed by atoms with Gasteiger partial charge in [-0.1, -0.05) is 35.3 Å². The monoisotopic (exact) mass is 308 g/mol. The number of anilines is 1. The summed E-state index contributed by atoms with van der Waals surface area (Å²) in [4.78, 5) is 13.9. The van der Waals surface area contributed by atoms with Gasteiger partial charge in [0.05, 0.1) is 0 Å². The van der Waals surface area contributed by atoms with Crippen LogP contribution in [0, 0.1) is 0 Å². The summed E-state index contributed by atoms with van der Waals surface area (Å²) >= 11 is 11.8. The molecule has 1 amide bonds. The van der Waals surface area contributed by atoms with Gasteiger partial charge in [-0.3, -0.25) is 4.79 Å². The van der Waals surface area contributed by atoms with Crippen LogP contribution in [0.3, 0.4) is 0 Å². The number of nitrogens with two attached hydrogens (primary N) is 1. The standard InChI is InChI=1S/C15H14Cl2N2O/c1-19(9-10-2-4-14(18)5-3-10)15(20)11-6-12(16)8-13(17)7-11/h2-8H,9,18H2,1H3. The molecule has 0 aliphatic heterocycles.